The van der Waals surface area contributed by atoms with Crippen molar-refractivity contribution in [3.8, 4) is 11.6 Å². The highest BCUT2D eigenvalue weighted by molar-refractivity contribution is 5.94. The topological polar surface area (TPSA) is 139 Å². The van der Waals surface area contributed by atoms with Gasteiger partial charge in [-0.2, -0.15) is 0 Å². The molecule has 1 saturated carbocycles. The fraction of sp³-hybridized carbons (Fsp3) is 0.281. The normalized spacial score (nSPS) is 13.1. The summed E-state index contributed by atoms with van der Waals surface area (Å²) in [6.45, 7) is 3.90. The molecule has 4 aromatic heterocycles. The molecule has 0 atom stereocenters. The van der Waals surface area contributed by atoms with E-state index in [1.807, 2.05) is 42.3 Å². The highest BCUT2D eigenvalue weighted by atomic mass is 16.5. The molecular formula is C32H34N8O4. The minimum Gasteiger partial charge on any atom is -0.497 e. The number of ether oxygens (including phenoxy) is 1. The standard InChI is InChI=1S/C32H34N8O4/c1-32(2,43)21-9-14-28(33-17-21)39-15-5-6-24(31(39)42)36-27-16-25(38(3)19-20-7-12-23(44-4)13-8-20)29-34-18-26(40(29)37-27)30(41)35-22-10-11-22/h5-9,12-18,22,43H,10-11,19H2,1-4H3,(H,35,41)(H,36,37). The van der Waals surface area contributed by atoms with Gasteiger partial charge in [0, 0.05) is 43.7 Å². The van der Waals surface area contributed by atoms with Crippen LogP contribution in [0.15, 0.2) is 78.0 Å². The highest BCUT2D eigenvalue weighted by Gasteiger charge is 2.26. The molecule has 1 fully saturated rings. The Morgan fingerprint density at radius 3 is 2.55 bits per heavy atom. The van der Waals surface area contributed by atoms with Gasteiger partial charge in [0.1, 0.15) is 17.3 Å². The van der Waals surface area contributed by atoms with Crippen molar-refractivity contribution in [1.29, 1.82) is 0 Å². The van der Waals surface area contributed by atoms with E-state index < -0.39 is 5.60 Å². The number of aromatic nitrogens is 5. The zero-order valence-electron chi connectivity index (χ0n) is 25.0. The van der Waals surface area contributed by atoms with Gasteiger partial charge >= 0.3 is 0 Å². The van der Waals surface area contributed by atoms with Gasteiger partial charge in [0.15, 0.2) is 17.2 Å². The summed E-state index contributed by atoms with van der Waals surface area (Å²) in [6.07, 6.45) is 6.60. The lowest BCUT2D eigenvalue weighted by atomic mass is 10.0. The lowest BCUT2D eigenvalue weighted by molar-refractivity contribution is 0.0782. The summed E-state index contributed by atoms with van der Waals surface area (Å²) in [5.74, 6) is 1.28. The number of methoxy groups -OCH3 is 1. The number of benzene rings is 1. The lowest BCUT2D eigenvalue weighted by Gasteiger charge is -2.21. The van der Waals surface area contributed by atoms with Crippen molar-refractivity contribution >= 4 is 28.7 Å². The minimum absolute atomic E-state index is 0.167. The fourth-order valence-corrected chi connectivity index (χ4v) is 4.82. The molecule has 0 spiro atoms. The van der Waals surface area contributed by atoms with Crippen molar-refractivity contribution in [3.63, 3.8) is 0 Å². The maximum absolute atomic E-state index is 13.6. The third kappa shape index (κ3) is 5.97. The number of nitrogens with one attached hydrogen (secondary N) is 2. The quantitative estimate of drug-likeness (QED) is 0.220. The molecule has 0 unspecified atom stereocenters. The lowest BCUT2D eigenvalue weighted by Crippen LogP contribution is -2.27. The number of pyridine rings is 2. The molecule has 5 aromatic rings. The van der Waals surface area contributed by atoms with E-state index in [-0.39, 0.29) is 23.2 Å². The predicted molar refractivity (Wildman–Crippen MR) is 167 cm³/mol. The van der Waals surface area contributed by atoms with E-state index in [0.29, 0.717) is 40.8 Å². The first kappa shape index (κ1) is 28.9. The molecule has 0 aliphatic heterocycles. The first-order valence-corrected chi connectivity index (χ1v) is 14.3. The zero-order valence-corrected chi connectivity index (χ0v) is 25.0. The molecule has 226 valence electrons. The third-order valence-electron chi connectivity index (χ3n) is 7.49. The molecule has 1 aliphatic rings. The minimum atomic E-state index is -1.05. The first-order chi connectivity index (χ1) is 21.1. The molecule has 0 radical (unpaired) electrons. The zero-order chi connectivity index (χ0) is 31.0. The second kappa shape index (κ2) is 11.5. The Kier molecular flexibility index (Phi) is 7.52. The summed E-state index contributed by atoms with van der Waals surface area (Å²) in [7, 11) is 3.56. The van der Waals surface area contributed by atoms with E-state index in [1.54, 1.807) is 57.6 Å². The van der Waals surface area contributed by atoms with Crippen molar-refractivity contribution in [2.45, 2.75) is 44.9 Å². The van der Waals surface area contributed by atoms with Crippen molar-refractivity contribution in [1.82, 2.24) is 29.5 Å². The van der Waals surface area contributed by atoms with Gasteiger partial charge in [-0.3, -0.25) is 14.2 Å². The van der Waals surface area contributed by atoms with Crippen molar-refractivity contribution < 1.29 is 14.6 Å². The number of imidazole rings is 1. The van der Waals surface area contributed by atoms with Crippen molar-refractivity contribution in [2.24, 2.45) is 0 Å². The average molecular weight is 595 g/mol. The van der Waals surface area contributed by atoms with Gasteiger partial charge in [-0.1, -0.05) is 18.2 Å². The molecule has 12 heteroatoms. The monoisotopic (exact) mass is 594 g/mol. The molecule has 6 rings (SSSR count). The second-order valence-corrected chi connectivity index (χ2v) is 11.4. The number of anilines is 3. The molecule has 12 nitrogen and oxygen atoms in total. The molecule has 1 aromatic carbocycles. The van der Waals surface area contributed by atoms with Gasteiger partial charge in [0.05, 0.1) is 24.6 Å². The number of rotatable bonds is 10. The van der Waals surface area contributed by atoms with Gasteiger partial charge < -0.3 is 25.4 Å². The van der Waals surface area contributed by atoms with Crippen LogP contribution in [0, 0.1) is 0 Å². The van der Waals surface area contributed by atoms with Crippen LogP contribution < -0.4 is 25.8 Å². The molecular weight excluding hydrogens is 560 g/mol. The number of aliphatic hydroxyl groups is 1. The smallest absolute Gasteiger partial charge is 0.279 e. The summed E-state index contributed by atoms with van der Waals surface area (Å²) in [5, 5.41) is 21.1. The molecule has 44 heavy (non-hydrogen) atoms. The first-order valence-electron chi connectivity index (χ1n) is 14.3. The maximum Gasteiger partial charge on any atom is 0.279 e. The molecule has 4 heterocycles. The van der Waals surface area contributed by atoms with Gasteiger partial charge in [-0.15, -0.1) is 5.10 Å². The Bertz CT molecular complexity index is 1870. The largest absolute Gasteiger partial charge is 0.497 e. The average Bonchev–Trinajstić information content (AvgIpc) is 3.72. The van der Waals surface area contributed by atoms with Crippen molar-refractivity contribution in [3.05, 3.63) is 100 Å². The fourth-order valence-electron chi connectivity index (χ4n) is 4.82. The van der Waals surface area contributed by atoms with Crippen LogP contribution >= 0.6 is 0 Å². The molecule has 0 saturated heterocycles. The van der Waals surface area contributed by atoms with Crippen LogP contribution in [-0.4, -0.2) is 55.4 Å². The number of hydrogen-bond donors (Lipinski definition) is 3. The van der Waals surface area contributed by atoms with E-state index in [0.717, 1.165) is 24.2 Å². The maximum atomic E-state index is 13.6. The van der Waals surface area contributed by atoms with Crippen LogP contribution in [-0.2, 0) is 12.1 Å². The molecule has 0 bridgehead atoms. The van der Waals surface area contributed by atoms with E-state index in [2.05, 4.69) is 25.7 Å². The Balaban J connectivity index is 1.36. The van der Waals surface area contributed by atoms with Gasteiger partial charge in [-0.25, -0.2) is 14.5 Å². The van der Waals surface area contributed by atoms with E-state index in [1.165, 1.54) is 15.3 Å². The summed E-state index contributed by atoms with van der Waals surface area (Å²) < 4.78 is 8.21. The molecule has 1 amide bonds. The van der Waals surface area contributed by atoms with E-state index in [9.17, 15) is 14.7 Å². The summed E-state index contributed by atoms with van der Waals surface area (Å²) in [6, 6.07) is 16.6. The SMILES string of the molecule is COc1ccc(CN(C)c2cc(Nc3cccn(-c4ccc(C(C)(C)O)cn4)c3=O)nn3c(C(=O)NC4CC4)cnc23)cc1. The van der Waals surface area contributed by atoms with Crippen LogP contribution in [0.5, 0.6) is 5.75 Å². The third-order valence-corrected chi connectivity index (χ3v) is 7.49. The summed E-state index contributed by atoms with van der Waals surface area (Å²) in [4.78, 5) is 37.6. The summed E-state index contributed by atoms with van der Waals surface area (Å²) >= 11 is 0. The van der Waals surface area contributed by atoms with Crippen LogP contribution in [0.1, 0.15) is 48.3 Å². The summed E-state index contributed by atoms with van der Waals surface area (Å²) in [5.41, 5.74) is 2.07. The Morgan fingerprint density at radius 1 is 1.11 bits per heavy atom. The molecule has 1 aliphatic carbocycles. The van der Waals surface area contributed by atoms with Crippen LogP contribution in [0.4, 0.5) is 17.2 Å². The number of amides is 1. The van der Waals surface area contributed by atoms with Gasteiger partial charge in [-0.05, 0) is 62.6 Å². The highest BCUT2D eigenvalue weighted by Crippen LogP contribution is 2.27. The van der Waals surface area contributed by atoms with Crippen LogP contribution in [0.3, 0.4) is 0 Å². The van der Waals surface area contributed by atoms with Crippen LogP contribution in [0.25, 0.3) is 11.5 Å². The Hall–Kier alpha value is -5.23. The second-order valence-electron chi connectivity index (χ2n) is 11.4. The Labute approximate surface area is 254 Å². The number of nitrogens with zero attached hydrogens (tertiary/aromatic N) is 6. The number of carbonyl (C=O) groups excluding carboxylic acids is 1. The van der Waals surface area contributed by atoms with E-state index >= 15 is 0 Å². The van der Waals surface area contributed by atoms with Crippen molar-refractivity contribution in [2.75, 3.05) is 24.4 Å². The number of fused-ring (bicyclic) bond motifs is 1. The Morgan fingerprint density at radius 2 is 1.89 bits per heavy atom. The van der Waals surface area contributed by atoms with Gasteiger partial charge in [0.25, 0.3) is 11.5 Å². The van der Waals surface area contributed by atoms with E-state index in [4.69, 9.17) is 4.74 Å². The molecule has 3 N–H and O–H groups in total. The predicted octanol–water partition coefficient (Wildman–Crippen LogP) is 3.78. The van der Waals surface area contributed by atoms with Crippen LogP contribution in [0.2, 0.25) is 0 Å². The number of carbonyl (C=O) groups is 1. The number of hydrogen-bond acceptors (Lipinski definition) is 9. The van der Waals surface area contributed by atoms with Gasteiger partial charge in [0.2, 0.25) is 0 Å².